The third kappa shape index (κ3) is 2.57. The van der Waals surface area contributed by atoms with Crippen LogP contribution in [0.2, 0.25) is 0 Å². The first kappa shape index (κ1) is 14.8. The molecule has 23 heavy (non-hydrogen) atoms. The van der Waals surface area contributed by atoms with Crippen molar-refractivity contribution in [2.45, 2.75) is 38.9 Å². The minimum atomic E-state index is 0.000925. The molecule has 1 amide bonds. The summed E-state index contributed by atoms with van der Waals surface area (Å²) in [6.07, 6.45) is 3.98. The molecule has 0 N–H and O–H groups in total. The summed E-state index contributed by atoms with van der Waals surface area (Å²) < 4.78 is 11.3. The lowest BCUT2D eigenvalue weighted by atomic mass is 9.91. The van der Waals surface area contributed by atoms with Gasteiger partial charge in [-0.2, -0.15) is 0 Å². The summed E-state index contributed by atoms with van der Waals surface area (Å²) in [5.74, 6) is 1.10. The van der Waals surface area contributed by atoms with Crippen LogP contribution in [0.15, 0.2) is 16.1 Å². The van der Waals surface area contributed by atoms with E-state index in [1.54, 1.807) is 25.2 Å². The normalized spacial score (nSPS) is 27.2. The van der Waals surface area contributed by atoms with E-state index in [9.17, 15) is 4.79 Å². The zero-order valence-electron chi connectivity index (χ0n) is 13.2. The number of thiazole rings is 1. The largest absolute Gasteiger partial charge is 0.366 e. The van der Waals surface area contributed by atoms with Gasteiger partial charge in [0.2, 0.25) is 0 Å². The summed E-state index contributed by atoms with van der Waals surface area (Å²) in [5, 5.41) is 6.91. The number of rotatable bonds is 2. The Balaban J connectivity index is 1.48. The van der Waals surface area contributed by atoms with E-state index in [2.05, 4.69) is 10.1 Å². The van der Waals surface area contributed by atoms with Crippen molar-refractivity contribution in [1.82, 2.24) is 15.0 Å². The fourth-order valence-electron chi connectivity index (χ4n) is 3.61. The van der Waals surface area contributed by atoms with Crippen LogP contribution in [0.3, 0.4) is 0 Å². The molecular weight excluding hydrogens is 314 g/mol. The van der Waals surface area contributed by atoms with Gasteiger partial charge >= 0.3 is 0 Å². The number of ether oxygens (including phenoxy) is 1. The van der Waals surface area contributed by atoms with Crippen LogP contribution in [0, 0.1) is 19.8 Å². The predicted molar refractivity (Wildman–Crippen MR) is 84.3 cm³/mol. The van der Waals surface area contributed by atoms with Gasteiger partial charge < -0.3 is 14.2 Å². The molecule has 4 rings (SSSR count). The summed E-state index contributed by atoms with van der Waals surface area (Å²) in [6.45, 7) is 4.99. The highest BCUT2D eigenvalue weighted by molar-refractivity contribution is 7.09. The summed E-state index contributed by atoms with van der Waals surface area (Å²) in [7, 11) is 0. The Labute approximate surface area is 138 Å². The molecule has 0 spiro atoms. The van der Waals surface area contributed by atoms with Crippen molar-refractivity contribution in [3.05, 3.63) is 33.6 Å². The van der Waals surface area contributed by atoms with E-state index in [0.717, 1.165) is 24.4 Å². The lowest BCUT2D eigenvalue weighted by molar-refractivity contribution is -0.00455. The van der Waals surface area contributed by atoms with E-state index < -0.39 is 0 Å². The van der Waals surface area contributed by atoms with Crippen LogP contribution < -0.4 is 0 Å². The van der Waals surface area contributed by atoms with Crippen LogP contribution >= 0.6 is 11.3 Å². The van der Waals surface area contributed by atoms with E-state index in [1.807, 2.05) is 16.5 Å². The molecule has 0 aliphatic carbocycles. The SMILES string of the molecule is Cc1noc(C)c1C(=O)N1CC[C@@H]2C[C@H](c3nccs3)O[C@H]2C1. The van der Waals surface area contributed by atoms with Crippen molar-refractivity contribution in [1.29, 1.82) is 0 Å². The van der Waals surface area contributed by atoms with Crippen molar-refractivity contribution >= 4 is 17.2 Å². The van der Waals surface area contributed by atoms with Gasteiger partial charge in [-0.25, -0.2) is 4.98 Å². The molecule has 2 aromatic heterocycles. The molecule has 2 fully saturated rings. The highest BCUT2D eigenvalue weighted by Crippen LogP contribution is 2.41. The quantitative estimate of drug-likeness (QED) is 0.845. The third-order valence-electron chi connectivity index (χ3n) is 4.81. The molecule has 6 nitrogen and oxygen atoms in total. The second-order valence-electron chi connectivity index (χ2n) is 6.27. The monoisotopic (exact) mass is 333 g/mol. The molecule has 2 saturated heterocycles. The zero-order valence-corrected chi connectivity index (χ0v) is 14.0. The number of amides is 1. The van der Waals surface area contributed by atoms with Crippen LogP contribution in [-0.4, -0.2) is 40.1 Å². The number of aromatic nitrogens is 2. The average Bonchev–Trinajstić information content (AvgIpc) is 3.25. The Morgan fingerprint density at radius 1 is 1.43 bits per heavy atom. The maximum Gasteiger partial charge on any atom is 0.259 e. The van der Waals surface area contributed by atoms with Crippen LogP contribution in [0.5, 0.6) is 0 Å². The molecule has 2 aliphatic heterocycles. The molecule has 0 bridgehead atoms. The van der Waals surface area contributed by atoms with E-state index in [4.69, 9.17) is 9.26 Å². The molecule has 2 aromatic rings. The van der Waals surface area contributed by atoms with Crippen molar-refractivity contribution < 1.29 is 14.1 Å². The second-order valence-corrected chi connectivity index (χ2v) is 7.19. The second kappa shape index (κ2) is 5.72. The lowest BCUT2D eigenvalue weighted by Gasteiger charge is -2.34. The summed E-state index contributed by atoms with van der Waals surface area (Å²) in [5.41, 5.74) is 1.25. The van der Waals surface area contributed by atoms with Crippen molar-refractivity contribution in [3.63, 3.8) is 0 Å². The van der Waals surface area contributed by atoms with Crippen LogP contribution in [0.1, 0.15) is 45.8 Å². The van der Waals surface area contributed by atoms with E-state index >= 15 is 0 Å². The maximum absolute atomic E-state index is 12.8. The number of piperidine rings is 1. The van der Waals surface area contributed by atoms with Crippen LogP contribution in [0.4, 0.5) is 0 Å². The van der Waals surface area contributed by atoms with E-state index in [-0.39, 0.29) is 18.1 Å². The molecule has 0 radical (unpaired) electrons. The first-order valence-corrected chi connectivity index (χ1v) is 8.78. The number of likely N-dealkylation sites (tertiary alicyclic amines) is 1. The zero-order chi connectivity index (χ0) is 16.0. The van der Waals surface area contributed by atoms with Crippen molar-refractivity contribution in [2.24, 2.45) is 5.92 Å². The minimum absolute atomic E-state index is 0.000925. The highest BCUT2D eigenvalue weighted by atomic mass is 32.1. The summed E-state index contributed by atoms with van der Waals surface area (Å²) in [4.78, 5) is 19.0. The summed E-state index contributed by atoms with van der Waals surface area (Å²) >= 11 is 1.64. The Morgan fingerprint density at radius 2 is 2.30 bits per heavy atom. The number of aryl methyl sites for hydroxylation is 2. The Kier molecular flexibility index (Phi) is 3.69. The van der Waals surface area contributed by atoms with Gasteiger partial charge in [0, 0.05) is 24.7 Å². The fourth-order valence-corrected chi connectivity index (χ4v) is 4.30. The first-order valence-electron chi connectivity index (χ1n) is 7.90. The predicted octanol–water partition coefficient (Wildman–Crippen LogP) is 2.74. The average molecular weight is 333 g/mol. The highest BCUT2D eigenvalue weighted by Gasteiger charge is 2.42. The Hall–Kier alpha value is -1.73. The summed E-state index contributed by atoms with van der Waals surface area (Å²) in [6, 6.07) is 0. The molecule has 0 unspecified atom stereocenters. The fraction of sp³-hybridized carbons (Fsp3) is 0.562. The molecular formula is C16H19N3O3S. The van der Waals surface area contributed by atoms with Crippen molar-refractivity contribution in [3.8, 4) is 0 Å². The lowest BCUT2D eigenvalue weighted by Crippen LogP contribution is -2.45. The Morgan fingerprint density at radius 3 is 3.00 bits per heavy atom. The number of carbonyl (C=O) groups is 1. The van der Waals surface area contributed by atoms with Gasteiger partial charge in [0.25, 0.3) is 5.91 Å². The number of nitrogens with zero attached hydrogens (tertiary/aromatic N) is 3. The van der Waals surface area contributed by atoms with Crippen LogP contribution in [0.25, 0.3) is 0 Å². The van der Waals surface area contributed by atoms with Gasteiger partial charge in [0.15, 0.2) is 0 Å². The van der Waals surface area contributed by atoms with Gasteiger partial charge in [-0.15, -0.1) is 11.3 Å². The minimum Gasteiger partial charge on any atom is -0.366 e. The topological polar surface area (TPSA) is 68.5 Å². The molecule has 0 saturated carbocycles. The maximum atomic E-state index is 12.8. The van der Waals surface area contributed by atoms with E-state index in [0.29, 0.717) is 29.5 Å². The van der Waals surface area contributed by atoms with Gasteiger partial charge in [0.05, 0.1) is 11.8 Å². The van der Waals surface area contributed by atoms with Gasteiger partial charge in [-0.05, 0) is 32.6 Å². The van der Waals surface area contributed by atoms with Crippen LogP contribution in [-0.2, 0) is 4.74 Å². The van der Waals surface area contributed by atoms with E-state index in [1.165, 1.54) is 0 Å². The number of hydrogen-bond donors (Lipinski definition) is 0. The molecule has 122 valence electrons. The molecule has 7 heteroatoms. The molecule has 4 heterocycles. The molecule has 0 aromatic carbocycles. The first-order chi connectivity index (χ1) is 11.1. The molecule has 2 aliphatic rings. The number of carbonyl (C=O) groups excluding carboxylic acids is 1. The van der Waals surface area contributed by atoms with Gasteiger partial charge in [-0.1, -0.05) is 5.16 Å². The number of hydrogen-bond acceptors (Lipinski definition) is 6. The Bertz CT molecular complexity index is 693. The third-order valence-corrected chi connectivity index (χ3v) is 5.68. The van der Waals surface area contributed by atoms with Gasteiger partial charge in [-0.3, -0.25) is 4.79 Å². The van der Waals surface area contributed by atoms with Gasteiger partial charge in [0.1, 0.15) is 22.4 Å². The smallest absolute Gasteiger partial charge is 0.259 e. The molecule has 3 atom stereocenters. The standard InChI is InChI=1S/C16H19N3O3S/c1-9-14(10(2)22-18-9)16(20)19-5-3-11-7-12(21-13(11)8-19)15-17-4-6-23-15/h4,6,11-13H,3,5,7-8H2,1-2H3/t11-,12-,13+/m1/s1. The van der Waals surface area contributed by atoms with Crippen molar-refractivity contribution in [2.75, 3.05) is 13.1 Å². The number of fused-ring (bicyclic) bond motifs is 1.